The number of carbonyl (C=O) groups is 1. The van der Waals surface area contributed by atoms with E-state index in [1.54, 1.807) is 20.9 Å². The van der Waals surface area contributed by atoms with Gasteiger partial charge in [-0.25, -0.2) is 14.6 Å². The number of rotatable bonds is 6. The van der Waals surface area contributed by atoms with E-state index in [-0.39, 0.29) is 39.7 Å². The third-order valence-corrected chi connectivity index (χ3v) is 4.20. The number of ether oxygens (including phenoxy) is 1. The van der Waals surface area contributed by atoms with Crippen LogP contribution in [0.25, 0.3) is 11.2 Å². The molecule has 0 aliphatic heterocycles. The number of aromatic nitrogens is 3. The number of nitrogen functional groups attached to an aromatic ring is 1. The summed E-state index contributed by atoms with van der Waals surface area (Å²) >= 11 is 0. The molecule has 9 nitrogen and oxygen atoms in total. The van der Waals surface area contributed by atoms with Crippen molar-refractivity contribution < 1.29 is 22.7 Å². The summed E-state index contributed by atoms with van der Waals surface area (Å²) in [5.41, 5.74) is 0.861. The molecular formula is C19H20F3N7O2. The quantitative estimate of drug-likeness (QED) is 0.348. The number of carbonyl (C=O) groups excluding carboxylic acids is 1. The van der Waals surface area contributed by atoms with Gasteiger partial charge >= 0.3 is 6.36 Å². The van der Waals surface area contributed by atoms with Crippen LogP contribution in [0.3, 0.4) is 0 Å². The Bertz CT molecular complexity index is 1160. The molecule has 0 saturated carbocycles. The predicted molar refractivity (Wildman–Crippen MR) is 109 cm³/mol. The van der Waals surface area contributed by atoms with Crippen LogP contribution in [0.5, 0.6) is 5.75 Å². The summed E-state index contributed by atoms with van der Waals surface area (Å²) in [7, 11) is 1.56. The fraction of sp³-hybridized carbons (Fsp3) is 0.263. The smallest absolute Gasteiger partial charge is 0.406 e. The van der Waals surface area contributed by atoms with Crippen LogP contribution in [-0.2, 0) is 0 Å². The number of fused-ring (bicyclic) bond motifs is 1. The number of nitrogens with two attached hydrogens (primary N) is 1. The van der Waals surface area contributed by atoms with Crippen LogP contribution in [0.4, 0.5) is 18.9 Å². The van der Waals surface area contributed by atoms with Gasteiger partial charge in [0.2, 0.25) is 0 Å². The third-order valence-electron chi connectivity index (χ3n) is 4.20. The van der Waals surface area contributed by atoms with Gasteiger partial charge in [0, 0.05) is 30.5 Å². The number of nitrogens with zero attached hydrogens (tertiary/aromatic N) is 3. The Kier molecular flexibility index (Phi) is 5.73. The molecule has 0 aliphatic rings. The van der Waals surface area contributed by atoms with Crippen molar-refractivity contribution in [3.8, 4) is 5.75 Å². The van der Waals surface area contributed by atoms with E-state index in [0.717, 1.165) is 16.8 Å². The van der Waals surface area contributed by atoms with E-state index < -0.39 is 18.0 Å². The maximum Gasteiger partial charge on any atom is 0.573 e. The number of hydrogen-bond donors (Lipinski definition) is 4. The van der Waals surface area contributed by atoms with Gasteiger partial charge in [0.15, 0.2) is 5.65 Å². The maximum absolute atomic E-state index is 12.6. The largest absolute Gasteiger partial charge is 0.573 e. The summed E-state index contributed by atoms with van der Waals surface area (Å²) in [6.45, 7) is 3.59. The normalized spacial score (nSPS) is 11.6. The van der Waals surface area contributed by atoms with Gasteiger partial charge in [-0.2, -0.15) is 0 Å². The molecule has 12 heteroatoms. The molecule has 3 rings (SSSR count). The maximum atomic E-state index is 12.6. The topological polar surface area (TPSA) is 131 Å². The molecule has 31 heavy (non-hydrogen) atoms. The Morgan fingerprint density at radius 3 is 2.61 bits per heavy atom. The molecule has 0 bridgehead atoms. The monoisotopic (exact) mass is 435 g/mol. The Hall–Kier alpha value is -3.83. The molecule has 5 N–H and O–H groups in total. The second-order valence-electron chi connectivity index (χ2n) is 6.89. The van der Waals surface area contributed by atoms with Crippen molar-refractivity contribution in [1.82, 2.24) is 20.0 Å². The molecule has 2 aromatic heterocycles. The molecule has 2 heterocycles. The first-order chi connectivity index (χ1) is 14.5. The van der Waals surface area contributed by atoms with Crippen LogP contribution >= 0.6 is 0 Å². The zero-order valence-corrected chi connectivity index (χ0v) is 16.8. The molecule has 0 radical (unpaired) electrons. The van der Waals surface area contributed by atoms with Gasteiger partial charge in [-0.1, -0.05) is 0 Å². The van der Waals surface area contributed by atoms with E-state index in [9.17, 15) is 18.0 Å². The minimum Gasteiger partial charge on any atom is -0.406 e. The van der Waals surface area contributed by atoms with E-state index >= 15 is 0 Å². The number of amides is 1. The summed E-state index contributed by atoms with van der Waals surface area (Å²) < 4.78 is 42.9. The highest BCUT2D eigenvalue weighted by molar-refractivity contribution is 6.14. The van der Waals surface area contributed by atoms with E-state index in [2.05, 4.69) is 25.3 Å². The lowest BCUT2D eigenvalue weighted by Gasteiger charge is -2.14. The zero-order valence-electron chi connectivity index (χ0n) is 16.8. The van der Waals surface area contributed by atoms with Crippen molar-refractivity contribution >= 4 is 28.5 Å². The molecule has 0 atom stereocenters. The number of benzene rings is 1. The minimum atomic E-state index is -4.87. The third kappa shape index (κ3) is 4.68. The molecule has 164 valence electrons. The average molecular weight is 435 g/mol. The first-order valence-corrected chi connectivity index (χ1v) is 9.11. The molecule has 1 aromatic carbocycles. The summed E-state index contributed by atoms with van der Waals surface area (Å²) in [4.78, 5) is 21.0. The molecule has 0 aliphatic carbocycles. The Morgan fingerprint density at radius 1 is 1.29 bits per heavy atom. The molecule has 1 amide bonds. The summed E-state index contributed by atoms with van der Waals surface area (Å²) in [6.07, 6.45) is -2.25. The second-order valence-corrected chi connectivity index (χ2v) is 6.89. The van der Waals surface area contributed by atoms with Crippen molar-refractivity contribution in [3.63, 3.8) is 0 Å². The average Bonchev–Trinajstić information content (AvgIpc) is 3.02. The molecule has 0 spiro atoms. The minimum absolute atomic E-state index is 0.0398. The zero-order chi connectivity index (χ0) is 22.9. The van der Waals surface area contributed by atoms with Gasteiger partial charge in [-0.3, -0.25) is 10.2 Å². The summed E-state index contributed by atoms with van der Waals surface area (Å²) in [5, 5.41) is 14.0. The summed E-state index contributed by atoms with van der Waals surface area (Å²) in [6, 6.07) is 3.43. The highest BCUT2D eigenvalue weighted by Gasteiger charge is 2.31. The molecule has 3 aromatic rings. The Morgan fingerprint density at radius 2 is 2.00 bits per heavy atom. The van der Waals surface area contributed by atoms with Gasteiger partial charge in [-0.15, -0.1) is 13.2 Å². The SMILES string of the molecule is CNc1ccc(OC(F)(F)F)cc1C(=N)c1cnc2c(n1)c(C(=O)NC(C)C)cn2N. The van der Waals surface area contributed by atoms with Crippen LogP contribution in [-0.4, -0.2) is 45.7 Å². The predicted octanol–water partition coefficient (Wildman–Crippen LogP) is 2.64. The van der Waals surface area contributed by atoms with E-state index in [1.165, 1.54) is 18.5 Å². The summed E-state index contributed by atoms with van der Waals surface area (Å²) in [5.74, 6) is 4.96. The van der Waals surface area contributed by atoms with E-state index in [0.29, 0.717) is 5.69 Å². The Balaban J connectivity index is 2.06. The number of nitrogens with one attached hydrogen (secondary N) is 3. The molecule has 0 fully saturated rings. The number of halogens is 3. The fourth-order valence-corrected chi connectivity index (χ4v) is 2.92. The van der Waals surface area contributed by atoms with Crippen LogP contribution in [0, 0.1) is 5.41 Å². The van der Waals surface area contributed by atoms with E-state index in [1.807, 2.05) is 0 Å². The molecule has 0 saturated heterocycles. The second kappa shape index (κ2) is 8.13. The lowest BCUT2D eigenvalue weighted by atomic mass is 10.0. The van der Waals surface area contributed by atoms with Crippen molar-refractivity contribution in [2.45, 2.75) is 26.3 Å². The first-order valence-electron chi connectivity index (χ1n) is 9.11. The lowest BCUT2D eigenvalue weighted by Crippen LogP contribution is -2.30. The number of hydrogen-bond acceptors (Lipinski definition) is 7. The van der Waals surface area contributed by atoms with Crippen LogP contribution in [0.1, 0.15) is 35.5 Å². The standard InChI is InChI=1S/C19H20F3N7O2/c1-9(2)27-18(30)12-8-29(24)17-16(12)28-14(7-26-17)15(23)11-6-10(31-19(20,21)22)4-5-13(11)25-3/h4-9,23,25H,24H2,1-3H3,(H,27,30). The van der Waals surface area contributed by atoms with Gasteiger partial charge in [0.05, 0.1) is 17.5 Å². The van der Waals surface area contributed by atoms with Gasteiger partial charge < -0.3 is 21.2 Å². The van der Waals surface area contributed by atoms with E-state index in [4.69, 9.17) is 11.3 Å². The van der Waals surface area contributed by atoms with Gasteiger partial charge in [-0.05, 0) is 32.0 Å². The van der Waals surface area contributed by atoms with Crippen LogP contribution < -0.4 is 21.2 Å². The van der Waals surface area contributed by atoms with Crippen LogP contribution in [0.2, 0.25) is 0 Å². The molecular weight excluding hydrogens is 415 g/mol. The van der Waals surface area contributed by atoms with Gasteiger partial charge in [0.25, 0.3) is 5.91 Å². The van der Waals surface area contributed by atoms with Crippen molar-refractivity contribution in [1.29, 1.82) is 5.41 Å². The number of alkyl halides is 3. The van der Waals surface area contributed by atoms with Crippen molar-refractivity contribution in [3.05, 3.63) is 47.4 Å². The van der Waals surface area contributed by atoms with Gasteiger partial charge in [0.1, 0.15) is 17.0 Å². The van der Waals surface area contributed by atoms with Crippen molar-refractivity contribution in [2.75, 3.05) is 18.2 Å². The first kappa shape index (κ1) is 21.9. The van der Waals surface area contributed by atoms with Crippen molar-refractivity contribution in [2.24, 2.45) is 0 Å². The number of anilines is 1. The fourth-order valence-electron chi connectivity index (χ4n) is 2.92. The highest BCUT2D eigenvalue weighted by atomic mass is 19.4. The Labute approximate surface area is 174 Å². The highest BCUT2D eigenvalue weighted by Crippen LogP contribution is 2.29. The molecule has 0 unspecified atom stereocenters. The van der Waals surface area contributed by atoms with Crippen LogP contribution in [0.15, 0.2) is 30.6 Å². The lowest BCUT2D eigenvalue weighted by molar-refractivity contribution is -0.274.